The summed E-state index contributed by atoms with van der Waals surface area (Å²) in [6.45, 7) is 5.74. The van der Waals surface area contributed by atoms with E-state index >= 15 is 0 Å². The van der Waals surface area contributed by atoms with Gasteiger partial charge in [0, 0.05) is 16.1 Å². The highest BCUT2D eigenvalue weighted by Gasteiger charge is 2.12. The van der Waals surface area contributed by atoms with Crippen LogP contribution in [0.5, 0.6) is 0 Å². The van der Waals surface area contributed by atoms with E-state index in [9.17, 15) is 9.59 Å². The van der Waals surface area contributed by atoms with Gasteiger partial charge in [0.05, 0.1) is 0 Å². The van der Waals surface area contributed by atoms with Crippen LogP contribution in [0.15, 0.2) is 28.7 Å². The minimum absolute atomic E-state index is 0.0619. The molecule has 0 aliphatic carbocycles. The number of nitrogens with one attached hydrogen (secondary N) is 2. The normalized spacial score (nSPS) is 12.1. The Labute approximate surface area is 127 Å². The van der Waals surface area contributed by atoms with Gasteiger partial charge in [-0.3, -0.25) is 14.4 Å². The molecule has 1 rings (SSSR count). The van der Waals surface area contributed by atoms with Crippen LogP contribution < -0.4 is 10.8 Å². The molecule has 1 aromatic rings. The maximum Gasteiger partial charge on any atom is 0.274 e. The van der Waals surface area contributed by atoms with Crippen molar-refractivity contribution in [3.05, 3.63) is 34.3 Å². The Kier molecular flexibility index (Phi) is 6.67. The Morgan fingerprint density at radius 1 is 1.30 bits per heavy atom. The van der Waals surface area contributed by atoms with E-state index in [1.165, 1.54) is 0 Å². The van der Waals surface area contributed by atoms with E-state index in [-0.39, 0.29) is 18.6 Å². The van der Waals surface area contributed by atoms with Crippen molar-refractivity contribution >= 4 is 27.7 Å². The molecule has 0 heterocycles. The minimum Gasteiger partial charge on any atom is -0.351 e. The molecule has 6 heteroatoms. The lowest BCUT2D eigenvalue weighted by Gasteiger charge is -2.17. The number of halogens is 1. The quantitative estimate of drug-likeness (QED) is 0.779. The molecule has 0 aromatic heterocycles. The molecule has 1 aromatic carbocycles. The van der Waals surface area contributed by atoms with Crippen molar-refractivity contribution in [1.29, 1.82) is 0 Å². The Morgan fingerprint density at radius 2 is 2.00 bits per heavy atom. The topological polar surface area (TPSA) is 67.4 Å². The second-order valence-corrected chi connectivity index (χ2v) is 5.75. The third-order valence-electron chi connectivity index (χ3n) is 2.84. The summed E-state index contributed by atoms with van der Waals surface area (Å²) in [4.78, 5) is 28.2. The average molecular weight is 343 g/mol. The first kappa shape index (κ1) is 16.7. The monoisotopic (exact) mass is 342 g/mol. The molecule has 0 saturated heterocycles. The highest BCUT2D eigenvalue weighted by molar-refractivity contribution is 9.10. The van der Waals surface area contributed by atoms with Crippen molar-refractivity contribution in [2.75, 3.05) is 6.61 Å². The van der Waals surface area contributed by atoms with Gasteiger partial charge < -0.3 is 5.32 Å². The number of carbonyl (C=O) groups is 2. The molecular weight excluding hydrogens is 324 g/mol. The van der Waals surface area contributed by atoms with Gasteiger partial charge in [0.2, 0.25) is 5.91 Å². The SMILES string of the molecule is CC(C)C(C)NC(=O)CONC(=O)c1cccc(Br)c1. The zero-order valence-electron chi connectivity index (χ0n) is 11.8. The standard InChI is InChI=1S/C14H19BrN2O3/c1-9(2)10(3)16-13(18)8-20-17-14(19)11-5-4-6-12(15)7-11/h4-7,9-10H,8H2,1-3H3,(H,16,18)(H,17,19). The molecule has 0 aliphatic heterocycles. The molecule has 2 N–H and O–H groups in total. The molecule has 0 saturated carbocycles. The van der Waals surface area contributed by atoms with Gasteiger partial charge in [0.1, 0.15) is 0 Å². The summed E-state index contributed by atoms with van der Waals surface area (Å²) in [6.07, 6.45) is 0. The van der Waals surface area contributed by atoms with E-state index in [1.54, 1.807) is 18.2 Å². The zero-order valence-corrected chi connectivity index (χ0v) is 13.4. The van der Waals surface area contributed by atoms with Crippen LogP contribution >= 0.6 is 15.9 Å². The number of hydroxylamine groups is 1. The van der Waals surface area contributed by atoms with Crippen molar-refractivity contribution in [3.63, 3.8) is 0 Å². The first-order chi connectivity index (χ1) is 9.40. The number of amides is 2. The molecule has 1 unspecified atom stereocenters. The van der Waals surface area contributed by atoms with E-state index in [0.29, 0.717) is 11.5 Å². The highest BCUT2D eigenvalue weighted by atomic mass is 79.9. The van der Waals surface area contributed by atoms with Crippen LogP contribution in [-0.2, 0) is 9.63 Å². The predicted octanol–water partition coefficient (Wildman–Crippen LogP) is 2.27. The van der Waals surface area contributed by atoms with Gasteiger partial charge in [-0.1, -0.05) is 35.8 Å². The Balaban J connectivity index is 2.34. The second kappa shape index (κ2) is 8.01. The maximum absolute atomic E-state index is 11.7. The Hall–Kier alpha value is -1.40. The predicted molar refractivity (Wildman–Crippen MR) is 80.0 cm³/mol. The van der Waals surface area contributed by atoms with Crippen LogP contribution in [0, 0.1) is 5.92 Å². The van der Waals surface area contributed by atoms with Gasteiger partial charge in [-0.2, -0.15) is 0 Å². The summed E-state index contributed by atoms with van der Waals surface area (Å²) < 4.78 is 0.800. The third kappa shape index (κ3) is 5.71. The first-order valence-corrected chi connectivity index (χ1v) is 7.16. The van der Waals surface area contributed by atoms with E-state index in [1.807, 2.05) is 26.8 Å². The number of hydrogen-bond acceptors (Lipinski definition) is 3. The van der Waals surface area contributed by atoms with Gasteiger partial charge in [-0.15, -0.1) is 0 Å². The number of rotatable bonds is 6. The summed E-state index contributed by atoms with van der Waals surface area (Å²) in [5.74, 6) is -0.313. The van der Waals surface area contributed by atoms with Crippen LogP contribution in [0.25, 0.3) is 0 Å². The summed E-state index contributed by atoms with van der Waals surface area (Å²) in [5.41, 5.74) is 2.69. The zero-order chi connectivity index (χ0) is 15.1. The van der Waals surface area contributed by atoms with Crippen LogP contribution in [-0.4, -0.2) is 24.5 Å². The fourth-order valence-corrected chi connectivity index (χ4v) is 1.72. The third-order valence-corrected chi connectivity index (χ3v) is 3.34. The van der Waals surface area contributed by atoms with Crippen molar-refractivity contribution in [2.24, 2.45) is 5.92 Å². The van der Waals surface area contributed by atoms with Crippen LogP contribution in [0.4, 0.5) is 0 Å². The van der Waals surface area contributed by atoms with E-state index in [4.69, 9.17) is 4.84 Å². The van der Waals surface area contributed by atoms with Crippen molar-refractivity contribution < 1.29 is 14.4 Å². The van der Waals surface area contributed by atoms with Gasteiger partial charge >= 0.3 is 0 Å². The molecule has 0 aliphatic rings. The van der Waals surface area contributed by atoms with Crippen LogP contribution in [0.3, 0.4) is 0 Å². The Morgan fingerprint density at radius 3 is 2.60 bits per heavy atom. The molecule has 2 amide bonds. The second-order valence-electron chi connectivity index (χ2n) is 4.83. The fourth-order valence-electron chi connectivity index (χ4n) is 1.32. The van der Waals surface area contributed by atoms with Gasteiger partial charge in [-0.05, 0) is 31.0 Å². The van der Waals surface area contributed by atoms with Crippen LogP contribution in [0.2, 0.25) is 0 Å². The number of carbonyl (C=O) groups excluding carboxylic acids is 2. The van der Waals surface area contributed by atoms with Gasteiger partial charge in [-0.25, -0.2) is 5.48 Å². The fraction of sp³-hybridized carbons (Fsp3) is 0.429. The molecule has 110 valence electrons. The average Bonchev–Trinajstić information content (AvgIpc) is 2.38. The summed E-state index contributed by atoms with van der Waals surface area (Å²) >= 11 is 3.28. The van der Waals surface area contributed by atoms with E-state index in [2.05, 4.69) is 26.7 Å². The first-order valence-electron chi connectivity index (χ1n) is 6.37. The van der Waals surface area contributed by atoms with Crippen molar-refractivity contribution in [1.82, 2.24) is 10.8 Å². The number of hydrogen-bond donors (Lipinski definition) is 2. The van der Waals surface area contributed by atoms with E-state index in [0.717, 1.165) is 4.47 Å². The summed E-state index contributed by atoms with van der Waals surface area (Å²) in [5, 5.41) is 2.78. The molecule has 20 heavy (non-hydrogen) atoms. The van der Waals surface area contributed by atoms with Gasteiger partial charge in [0.15, 0.2) is 6.61 Å². The highest BCUT2D eigenvalue weighted by Crippen LogP contribution is 2.11. The lowest BCUT2D eigenvalue weighted by Crippen LogP contribution is -2.40. The maximum atomic E-state index is 11.7. The molecule has 1 atom stereocenters. The molecular formula is C14H19BrN2O3. The number of benzene rings is 1. The summed E-state index contributed by atoms with van der Waals surface area (Å²) in [6, 6.07) is 6.95. The minimum atomic E-state index is -0.393. The molecule has 0 spiro atoms. The van der Waals surface area contributed by atoms with Crippen LogP contribution in [0.1, 0.15) is 31.1 Å². The molecule has 0 radical (unpaired) electrons. The van der Waals surface area contributed by atoms with E-state index < -0.39 is 5.91 Å². The van der Waals surface area contributed by atoms with Crippen molar-refractivity contribution in [3.8, 4) is 0 Å². The molecule has 0 fully saturated rings. The lowest BCUT2D eigenvalue weighted by molar-refractivity contribution is -0.128. The smallest absolute Gasteiger partial charge is 0.274 e. The van der Waals surface area contributed by atoms with Gasteiger partial charge in [0.25, 0.3) is 5.91 Å². The van der Waals surface area contributed by atoms with Crippen molar-refractivity contribution in [2.45, 2.75) is 26.8 Å². The lowest BCUT2D eigenvalue weighted by atomic mass is 10.1. The molecule has 0 bridgehead atoms. The Bertz CT molecular complexity index is 477. The summed E-state index contributed by atoms with van der Waals surface area (Å²) in [7, 11) is 0. The molecule has 5 nitrogen and oxygen atoms in total. The largest absolute Gasteiger partial charge is 0.351 e.